The Balaban J connectivity index is 1.24. The van der Waals surface area contributed by atoms with Gasteiger partial charge in [0.1, 0.15) is 134 Å². The number of carbonyl (C=O) groups is 4. The molecule has 0 radical (unpaired) electrons. The van der Waals surface area contributed by atoms with Gasteiger partial charge in [-0.05, 0) is 26.2 Å². The molecule has 6 aliphatic heterocycles. The van der Waals surface area contributed by atoms with Crippen LogP contribution in [0.5, 0.6) is 0 Å². The molecule has 121 heavy (non-hydrogen) atoms. The van der Waals surface area contributed by atoms with E-state index in [1.54, 1.807) is 6.08 Å². The largest absolute Gasteiger partial charge is 0.477 e. The van der Waals surface area contributed by atoms with Crippen LogP contribution in [0.2, 0.25) is 0 Å². The number of aliphatic carboxylic acids is 1. The normalized spacial score (nSPS) is 35.8. The number of carboxylic acid groups (broad SMARTS) is 1. The first-order chi connectivity index (χ1) is 58.0. The summed E-state index contributed by atoms with van der Waals surface area (Å²) in [5.74, 6) is -7.89. The van der Waals surface area contributed by atoms with Crippen molar-refractivity contribution in [2.24, 2.45) is 0 Å². The highest BCUT2D eigenvalue weighted by atomic mass is 16.8. The van der Waals surface area contributed by atoms with E-state index in [0.717, 1.165) is 78.1 Å². The number of rotatable bonds is 58. The maximum absolute atomic E-state index is 14.0. The summed E-state index contributed by atoms with van der Waals surface area (Å²) in [4.78, 5) is 53.7. The van der Waals surface area contributed by atoms with E-state index in [1.165, 1.54) is 135 Å². The zero-order valence-corrected chi connectivity index (χ0v) is 71.2. The van der Waals surface area contributed by atoms with Gasteiger partial charge in [-0.25, -0.2) is 4.79 Å². The lowest BCUT2D eigenvalue weighted by Gasteiger charge is -2.53. The van der Waals surface area contributed by atoms with E-state index in [4.69, 9.17) is 56.8 Å². The maximum Gasteiger partial charge on any atom is 0.364 e. The van der Waals surface area contributed by atoms with Crippen LogP contribution >= 0.6 is 0 Å². The van der Waals surface area contributed by atoms with E-state index in [1.807, 2.05) is 0 Å². The minimum atomic E-state index is -3.44. The molecule has 6 aliphatic rings. The summed E-state index contributed by atoms with van der Waals surface area (Å²) in [7, 11) is 0. The van der Waals surface area contributed by atoms with Gasteiger partial charge in [0.2, 0.25) is 17.7 Å². The third kappa shape index (κ3) is 32.5. The fraction of sp³-hybridized carbons (Fsp3) is 0.928. The van der Waals surface area contributed by atoms with Gasteiger partial charge >= 0.3 is 5.97 Å². The predicted molar refractivity (Wildman–Crippen MR) is 428 cm³/mol. The maximum atomic E-state index is 14.0. The summed E-state index contributed by atoms with van der Waals surface area (Å²) >= 11 is 0. The number of hydrogen-bond donors (Lipinski definition) is 22. The van der Waals surface area contributed by atoms with Crippen LogP contribution in [0.15, 0.2) is 12.2 Å². The van der Waals surface area contributed by atoms with Crippen LogP contribution in [0, 0.1) is 0 Å². The molecule has 6 saturated heterocycles. The average Bonchev–Trinajstić information content (AvgIpc) is 0.743. The molecule has 0 saturated carbocycles. The number of hydrogen-bond acceptors (Lipinski definition) is 34. The lowest BCUT2D eigenvalue weighted by Crippen LogP contribution is -2.72. The van der Waals surface area contributed by atoms with E-state index in [9.17, 15) is 116 Å². The molecule has 6 fully saturated rings. The minimum absolute atomic E-state index is 0.119. The summed E-state index contributed by atoms with van der Waals surface area (Å²) in [6.45, 7) is 1.29. The molecule has 38 nitrogen and oxygen atoms in total. The van der Waals surface area contributed by atoms with Crippen molar-refractivity contribution in [1.29, 1.82) is 0 Å². The molecule has 0 spiro atoms. The first-order valence-electron chi connectivity index (χ1n) is 44.5. The first-order valence-corrected chi connectivity index (χ1v) is 44.5. The monoisotopic (exact) mass is 1750 g/mol. The van der Waals surface area contributed by atoms with Gasteiger partial charge in [-0.2, -0.15) is 0 Å². The van der Waals surface area contributed by atoms with Gasteiger partial charge in [0, 0.05) is 26.7 Å². The number of amides is 3. The van der Waals surface area contributed by atoms with Gasteiger partial charge in [0.25, 0.3) is 5.79 Å². The second kappa shape index (κ2) is 56.0. The highest BCUT2D eigenvalue weighted by molar-refractivity contribution is 5.77. The van der Waals surface area contributed by atoms with Crippen molar-refractivity contribution in [2.45, 2.75) is 448 Å². The van der Waals surface area contributed by atoms with E-state index >= 15 is 0 Å². The summed E-state index contributed by atoms with van der Waals surface area (Å²) in [6, 6.07) is -4.98. The number of carbonyl (C=O) groups excluding carboxylic acids is 3. The first kappa shape index (κ1) is 106. The quantitative estimate of drug-likeness (QED) is 0.0266. The summed E-state index contributed by atoms with van der Waals surface area (Å²) in [5.41, 5.74) is 0. The molecule has 6 rings (SSSR count). The van der Waals surface area contributed by atoms with Crippen LogP contribution in [0.3, 0.4) is 0 Å². The fourth-order valence-corrected chi connectivity index (χ4v) is 16.4. The van der Waals surface area contributed by atoms with Gasteiger partial charge in [0.05, 0.1) is 70.0 Å². The Morgan fingerprint density at radius 3 is 1.39 bits per heavy atom. The predicted octanol–water partition coefficient (Wildman–Crippen LogP) is -0.630. The summed E-state index contributed by atoms with van der Waals surface area (Å²) in [6.07, 6.45) is -22.0. The van der Waals surface area contributed by atoms with Crippen molar-refractivity contribution in [1.82, 2.24) is 16.0 Å². The molecular weight excluding hydrogens is 1600 g/mol. The van der Waals surface area contributed by atoms with Gasteiger partial charge in [-0.15, -0.1) is 0 Å². The molecule has 38 heteroatoms. The van der Waals surface area contributed by atoms with E-state index in [-0.39, 0.29) is 6.42 Å². The van der Waals surface area contributed by atoms with Crippen LogP contribution in [0.4, 0.5) is 0 Å². The molecule has 6 heterocycles. The summed E-state index contributed by atoms with van der Waals surface area (Å²) < 4.78 is 72.7. The van der Waals surface area contributed by atoms with Crippen LogP contribution in [0.1, 0.15) is 247 Å². The Bertz CT molecular complexity index is 2890. The Hall–Kier alpha value is -3.58. The van der Waals surface area contributed by atoms with Crippen molar-refractivity contribution < 1.29 is 173 Å². The molecule has 0 aromatic rings. The van der Waals surface area contributed by atoms with E-state index in [0.29, 0.717) is 12.8 Å². The standard InChI is InChI=1S/C83H149N3O35/c1-6-8-10-12-14-16-18-20-21-22-23-24-25-27-29-31-33-35-37-39-58(97)86-50(51(94)38-36-34-32-30-28-26-19-17-15-13-11-9-7-2)46-110-78-69(106)67(104)71(56(44-90)114-78)116-80-70(107)75(121-83(82(108)109)40-52(95)59(84-48(4)92)74(120-83)62(99)53(96)41-87)72(57(45-91)115-80)117-77-60(85-49(5)93)73(64(101)55(43-89)112-77)118-81-76(66(103)63(100)54(42-88)113-81)119-79-68(105)65(102)61(98)47(3)111-79/h36,38,47,50-57,59-81,87-91,94-96,98-107H,6-35,37,39-46H2,1-5H3,(H,84,92)(H,85,93)(H,86,97)(H,108,109)/b38-36+/t47?,50-,51+,52?,53+,54?,55?,56?,57?,59+,60?,61+,62+,63-,64-,65?,66-,67+,68-,69?,70?,71+,72-,73+,74?,75+,76?,77-,78+,79+,80-,81-,83-/m0/s1. The Morgan fingerprint density at radius 2 is 0.876 bits per heavy atom. The Morgan fingerprint density at radius 1 is 0.446 bits per heavy atom. The van der Waals surface area contributed by atoms with Crippen molar-refractivity contribution in [3.63, 3.8) is 0 Å². The third-order valence-electron chi connectivity index (χ3n) is 23.7. The van der Waals surface area contributed by atoms with Gasteiger partial charge in [0.15, 0.2) is 31.5 Å². The summed E-state index contributed by atoms with van der Waals surface area (Å²) in [5, 5.41) is 222. The van der Waals surface area contributed by atoms with Crippen molar-refractivity contribution in [3.05, 3.63) is 12.2 Å². The average molecular weight is 1750 g/mol. The van der Waals surface area contributed by atoms with Gasteiger partial charge in [-0.1, -0.05) is 206 Å². The van der Waals surface area contributed by atoms with E-state index in [2.05, 4.69) is 29.8 Å². The molecule has 33 atom stereocenters. The molecule has 0 aliphatic carbocycles. The smallest absolute Gasteiger partial charge is 0.364 e. The molecule has 0 aromatic carbocycles. The highest BCUT2D eigenvalue weighted by Crippen LogP contribution is 2.42. The highest BCUT2D eigenvalue weighted by Gasteiger charge is 2.63. The van der Waals surface area contributed by atoms with Crippen LogP contribution in [-0.4, -0.2) is 362 Å². The number of unbranched alkanes of at least 4 members (excludes halogenated alkanes) is 29. The molecule has 12 unspecified atom stereocenters. The van der Waals surface area contributed by atoms with Gasteiger partial charge < -0.3 is 170 Å². The topological polar surface area (TPSA) is 600 Å². The molecule has 22 N–H and O–H groups in total. The molecular formula is C83H149N3O35. The van der Waals surface area contributed by atoms with Crippen molar-refractivity contribution in [2.75, 3.05) is 39.6 Å². The minimum Gasteiger partial charge on any atom is -0.477 e. The lowest BCUT2D eigenvalue weighted by molar-refractivity contribution is -0.405. The van der Waals surface area contributed by atoms with Crippen molar-refractivity contribution >= 4 is 23.7 Å². The number of ether oxygens (including phenoxy) is 12. The third-order valence-corrected chi connectivity index (χ3v) is 23.7. The Kier molecular flexibility index (Phi) is 49.1. The number of carboxylic acids is 1. The van der Waals surface area contributed by atoms with Gasteiger partial charge in [-0.3, -0.25) is 14.4 Å². The Labute approximate surface area is 710 Å². The fourth-order valence-electron chi connectivity index (χ4n) is 16.4. The van der Waals surface area contributed by atoms with Crippen molar-refractivity contribution in [3.8, 4) is 0 Å². The number of aliphatic hydroxyl groups is 18. The second-order valence-corrected chi connectivity index (χ2v) is 33.5. The number of allylic oxidation sites excluding steroid dienone is 1. The molecule has 3 amide bonds. The molecule has 0 aromatic heterocycles. The second-order valence-electron chi connectivity index (χ2n) is 33.5. The zero-order valence-electron chi connectivity index (χ0n) is 71.2. The number of nitrogens with one attached hydrogen (secondary N) is 3. The van der Waals surface area contributed by atoms with Crippen LogP contribution in [0.25, 0.3) is 0 Å². The SMILES string of the molecule is CCCCCCCCCCCCC/C=C/[C@@H](O)[C@H](CO[C@@H]1OC(CO)[C@@H](O[C@@H]2OC(CO)[C@H](O[C@@H]3OC(CO)[C@H](O)[C@H](O[C@@H]4OC(CO)[C@H](O)[C@H](O)C4O[C@H]4OC(C)[C@@H](O)C(O)[C@@H]4O)C3NC(C)=O)[C@H](O[C@]3(C(=O)O)CC(O)[C@@H](NC(C)=O)C([C@H](O)[C@H](O)CO)O3)C2O)[C@H](O)C1O)NC(=O)CCCCCCCCCCCCCCCCCCCCC. The van der Waals surface area contributed by atoms with E-state index < -0.39 is 272 Å². The number of aliphatic hydroxyl groups excluding tert-OH is 18. The van der Waals surface area contributed by atoms with Crippen LogP contribution < -0.4 is 16.0 Å². The molecule has 0 bridgehead atoms. The zero-order chi connectivity index (χ0) is 88.9. The molecule has 706 valence electrons. The van der Waals surface area contributed by atoms with Crippen LogP contribution in [-0.2, 0) is 76.0 Å². The lowest BCUT2D eigenvalue weighted by atomic mass is 9.88.